The van der Waals surface area contributed by atoms with Crippen molar-refractivity contribution < 1.29 is 0 Å². The van der Waals surface area contributed by atoms with Crippen LogP contribution in [-0.4, -0.2) is 19.7 Å². The summed E-state index contributed by atoms with van der Waals surface area (Å²) in [5, 5.41) is 4.71. The number of nitrogens with two attached hydrogens (primary N) is 1. The van der Waals surface area contributed by atoms with Crippen molar-refractivity contribution in [2.75, 3.05) is 5.73 Å². The fraction of sp³-hybridized carbons (Fsp3) is 0.0952. The zero-order valence-corrected chi connectivity index (χ0v) is 16.6. The second-order valence-electron chi connectivity index (χ2n) is 6.30. The molecule has 0 atom stereocenters. The minimum absolute atomic E-state index is 0.247. The molecule has 4 rings (SSSR count). The molecule has 0 saturated heterocycles. The molecule has 0 aliphatic carbocycles. The molecule has 0 fully saturated rings. The van der Waals surface area contributed by atoms with Crippen LogP contribution in [0.5, 0.6) is 0 Å². The van der Waals surface area contributed by atoms with Gasteiger partial charge in [0.25, 0.3) is 0 Å². The summed E-state index contributed by atoms with van der Waals surface area (Å²) in [6.45, 7) is 4.03. The van der Waals surface area contributed by atoms with Crippen LogP contribution in [0.15, 0.2) is 65.1 Å². The van der Waals surface area contributed by atoms with Crippen molar-refractivity contribution in [2.24, 2.45) is 0 Å². The van der Waals surface area contributed by atoms with E-state index in [1.807, 2.05) is 79.2 Å². The van der Waals surface area contributed by atoms with E-state index in [0.717, 1.165) is 44.1 Å². The largest absolute Gasteiger partial charge is 0.368 e. The average Bonchev–Trinajstić information content (AvgIpc) is 2.97. The van der Waals surface area contributed by atoms with E-state index in [-0.39, 0.29) is 5.95 Å². The Labute approximate surface area is 166 Å². The minimum Gasteiger partial charge on any atom is -0.368 e. The third kappa shape index (κ3) is 3.36. The normalized spacial score (nSPS) is 10.9. The first-order valence-corrected chi connectivity index (χ1v) is 9.35. The molecule has 27 heavy (non-hydrogen) atoms. The van der Waals surface area contributed by atoms with Gasteiger partial charge >= 0.3 is 0 Å². The smallest absolute Gasteiger partial charge is 0.221 e. The van der Waals surface area contributed by atoms with Gasteiger partial charge in [-0.05, 0) is 44.2 Å². The lowest BCUT2D eigenvalue weighted by molar-refractivity contribution is 0.834. The van der Waals surface area contributed by atoms with Crippen LogP contribution in [0.4, 0.5) is 5.95 Å². The van der Waals surface area contributed by atoms with Crippen molar-refractivity contribution in [3.63, 3.8) is 0 Å². The molecule has 0 spiro atoms. The number of nitrogen functional groups attached to an aromatic ring is 1. The highest BCUT2D eigenvalue weighted by molar-refractivity contribution is 9.10. The molecule has 0 unspecified atom stereocenters. The van der Waals surface area contributed by atoms with E-state index >= 15 is 0 Å². The van der Waals surface area contributed by atoms with E-state index in [4.69, 9.17) is 10.8 Å². The van der Waals surface area contributed by atoms with Crippen LogP contribution >= 0.6 is 15.9 Å². The van der Waals surface area contributed by atoms with E-state index in [9.17, 15) is 0 Å². The number of halogens is 1. The van der Waals surface area contributed by atoms with Gasteiger partial charge in [-0.1, -0.05) is 46.3 Å². The summed E-state index contributed by atoms with van der Waals surface area (Å²) in [6, 6.07) is 20.0. The zero-order chi connectivity index (χ0) is 19.0. The standard InChI is InChI=1S/C21H18BrN5/c1-13-20(14(2)27(26-13)17-6-4-3-5-7-17)19-12-18(24-21(23)25-19)15-8-10-16(22)11-9-15/h3-12H,1-2H3,(H2,23,24,25). The van der Waals surface area contributed by atoms with Crippen molar-refractivity contribution in [3.05, 3.63) is 76.5 Å². The van der Waals surface area contributed by atoms with E-state index in [1.54, 1.807) is 0 Å². The zero-order valence-electron chi connectivity index (χ0n) is 15.0. The number of hydrogen-bond donors (Lipinski definition) is 1. The summed E-state index contributed by atoms with van der Waals surface area (Å²) in [5.41, 5.74) is 12.5. The van der Waals surface area contributed by atoms with Gasteiger partial charge in [0, 0.05) is 15.6 Å². The van der Waals surface area contributed by atoms with Crippen molar-refractivity contribution in [2.45, 2.75) is 13.8 Å². The number of aromatic nitrogens is 4. The molecule has 0 amide bonds. The predicted molar refractivity (Wildman–Crippen MR) is 112 cm³/mol. The third-order valence-electron chi connectivity index (χ3n) is 4.43. The van der Waals surface area contributed by atoms with Gasteiger partial charge in [0.05, 0.1) is 28.5 Å². The number of nitrogens with zero attached hydrogens (tertiary/aromatic N) is 4. The van der Waals surface area contributed by atoms with E-state index in [2.05, 4.69) is 25.9 Å². The first-order chi connectivity index (χ1) is 13.0. The Morgan fingerprint density at radius 1 is 0.889 bits per heavy atom. The maximum atomic E-state index is 6.02. The van der Waals surface area contributed by atoms with Crippen molar-refractivity contribution in [1.82, 2.24) is 19.7 Å². The summed E-state index contributed by atoms with van der Waals surface area (Å²) in [5.74, 6) is 0.247. The van der Waals surface area contributed by atoms with Crippen LogP contribution in [0.3, 0.4) is 0 Å². The van der Waals surface area contributed by atoms with Crippen molar-refractivity contribution in [3.8, 4) is 28.2 Å². The van der Waals surface area contributed by atoms with Crippen LogP contribution in [-0.2, 0) is 0 Å². The number of para-hydroxylation sites is 1. The molecule has 134 valence electrons. The molecule has 2 heterocycles. The van der Waals surface area contributed by atoms with E-state index in [1.165, 1.54) is 0 Å². The highest BCUT2D eigenvalue weighted by Gasteiger charge is 2.17. The van der Waals surface area contributed by atoms with Crippen LogP contribution in [0.2, 0.25) is 0 Å². The minimum atomic E-state index is 0.247. The summed E-state index contributed by atoms with van der Waals surface area (Å²) in [7, 11) is 0. The third-order valence-corrected chi connectivity index (χ3v) is 4.96. The highest BCUT2D eigenvalue weighted by Crippen LogP contribution is 2.30. The van der Waals surface area contributed by atoms with E-state index in [0.29, 0.717) is 0 Å². The Balaban J connectivity index is 1.85. The highest BCUT2D eigenvalue weighted by atomic mass is 79.9. The van der Waals surface area contributed by atoms with Gasteiger partial charge in [0.2, 0.25) is 5.95 Å². The van der Waals surface area contributed by atoms with Gasteiger partial charge in [-0.15, -0.1) is 0 Å². The molecule has 2 aromatic heterocycles. The molecule has 0 aliphatic heterocycles. The Hall–Kier alpha value is -2.99. The summed E-state index contributed by atoms with van der Waals surface area (Å²) >= 11 is 3.46. The van der Waals surface area contributed by atoms with Crippen LogP contribution < -0.4 is 5.73 Å². The van der Waals surface area contributed by atoms with Gasteiger partial charge in [-0.3, -0.25) is 0 Å². The maximum Gasteiger partial charge on any atom is 0.221 e. The molecular formula is C21H18BrN5. The predicted octanol–water partition coefficient (Wildman–Crippen LogP) is 4.96. The first kappa shape index (κ1) is 17.4. The fourth-order valence-electron chi connectivity index (χ4n) is 3.20. The molecule has 2 aromatic carbocycles. The van der Waals surface area contributed by atoms with Crippen LogP contribution in [0, 0.1) is 13.8 Å². The van der Waals surface area contributed by atoms with Gasteiger partial charge in [0.15, 0.2) is 0 Å². The molecule has 2 N–H and O–H groups in total. The number of rotatable bonds is 3. The van der Waals surface area contributed by atoms with Gasteiger partial charge < -0.3 is 5.73 Å². The molecular weight excluding hydrogens is 402 g/mol. The molecule has 6 heteroatoms. The summed E-state index contributed by atoms with van der Waals surface area (Å²) in [6.07, 6.45) is 0. The van der Waals surface area contributed by atoms with Gasteiger partial charge in [-0.2, -0.15) is 5.10 Å². The second-order valence-corrected chi connectivity index (χ2v) is 7.21. The molecule has 5 nitrogen and oxygen atoms in total. The van der Waals surface area contributed by atoms with Crippen molar-refractivity contribution in [1.29, 1.82) is 0 Å². The molecule has 0 saturated carbocycles. The number of aryl methyl sites for hydroxylation is 1. The summed E-state index contributed by atoms with van der Waals surface area (Å²) < 4.78 is 2.95. The summed E-state index contributed by atoms with van der Waals surface area (Å²) in [4.78, 5) is 8.89. The van der Waals surface area contributed by atoms with Crippen LogP contribution in [0.25, 0.3) is 28.2 Å². The van der Waals surface area contributed by atoms with Gasteiger partial charge in [-0.25, -0.2) is 14.6 Å². The Kier molecular flexibility index (Phi) is 4.49. The SMILES string of the molecule is Cc1nn(-c2ccccc2)c(C)c1-c1cc(-c2ccc(Br)cc2)nc(N)n1. The molecule has 4 aromatic rings. The lowest BCUT2D eigenvalue weighted by atomic mass is 10.1. The Morgan fingerprint density at radius 3 is 2.26 bits per heavy atom. The second kappa shape index (κ2) is 6.96. The Bertz CT molecular complexity index is 1100. The number of hydrogen-bond acceptors (Lipinski definition) is 4. The molecule has 0 bridgehead atoms. The maximum absolute atomic E-state index is 6.02. The molecule has 0 radical (unpaired) electrons. The topological polar surface area (TPSA) is 69.6 Å². The molecule has 0 aliphatic rings. The quantitative estimate of drug-likeness (QED) is 0.509. The van der Waals surface area contributed by atoms with Gasteiger partial charge in [0.1, 0.15) is 0 Å². The monoisotopic (exact) mass is 419 g/mol. The number of anilines is 1. The van der Waals surface area contributed by atoms with E-state index < -0.39 is 0 Å². The first-order valence-electron chi connectivity index (χ1n) is 8.55. The average molecular weight is 420 g/mol. The van der Waals surface area contributed by atoms with Crippen molar-refractivity contribution >= 4 is 21.9 Å². The van der Waals surface area contributed by atoms with Crippen LogP contribution in [0.1, 0.15) is 11.4 Å². The number of benzene rings is 2. The fourth-order valence-corrected chi connectivity index (χ4v) is 3.46. The Morgan fingerprint density at radius 2 is 1.56 bits per heavy atom. The lowest BCUT2D eigenvalue weighted by Crippen LogP contribution is -2.00. The lowest BCUT2D eigenvalue weighted by Gasteiger charge is -2.08.